The largest absolute Gasteiger partial charge is 0.373 e. The number of nitrogens with zero attached hydrogens (tertiary/aromatic N) is 3. The second kappa shape index (κ2) is 8.15. The maximum atomic E-state index is 12.0. The second-order valence-electron chi connectivity index (χ2n) is 5.83. The Morgan fingerprint density at radius 1 is 1.32 bits per heavy atom. The lowest BCUT2D eigenvalue weighted by Crippen LogP contribution is -2.40. The van der Waals surface area contributed by atoms with Crippen molar-refractivity contribution in [3.63, 3.8) is 0 Å². The summed E-state index contributed by atoms with van der Waals surface area (Å²) >= 11 is 0. The molecule has 2 N–H and O–H groups in total. The highest BCUT2D eigenvalue weighted by Crippen LogP contribution is 2.24. The van der Waals surface area contributed by atoms with Gasteiger partial charge in [-0.2, -0.15) is 0 Å². The molecule has 128 valence electrons. The number of carbonyl (C=O) groups is 1. The van der Waals surface area contributed by atoms with Crippen LogP contribution >= 0.6 is 0 Å². The van der Waals surface area contributed by atoms with E-state index in [1.54, 1.807) is 6.33 Å². The zero-order valence-corrected chi connectivity index (χ0v) is 14.2. The van der Waals surface area contributed by atoms with Gasteiger partial charge in [0.1, 0.15) is 18.0 Å². The first kappa shape index (κ1) is 16.8. The molecule has 1 aromatic heterocycles. The smallest absolute Gasteiger partial charge is 0.296 e. The van der Waals surface area contributed by atoms with Crippen LogP contribution in [0.25, 0.3) is 0 Å². The molecule has 1 fully saturated rings. The molecule has 1 atom stereocenters. The van der Waals surface area contributed by atoms with Gasteiger partial charge >= 0.3 is 0 Å². The van der Waals surface area contributed by atoms with Crippen molar-refractivity contribution in [2.24, 2.45) is 0 Å². The minimum absolute atomic E-state index is 0.224. The van der Waals surface area contributed by atoms with Gasteiger partial charge in [0.2, 0.25) is 0 Å². The lowest BCUT2D eigenvalue weighted by Gasteiger charge is -2.25. The Bertz CT molecular complexity index is 781. The first-order valence-electron chi connectivity index (χ1n) is 8.37. The summed E-state index contributed by atoms with van der Waals surface area (Å²) in [6, 6.07) is 11.6. The number of amides is 1. The van der Waals surface area contributed by atoms with Crippen LogP contribution in [0.4, 0.5) is 11.6 Å². The minimum atomic E-state index is -0.255. The van der Waals surface area contributed by atoms with E-state index in [9.17, 15) is 4.79 Å². The number of carbonyl (C=O) groups excluding carboxylic acids is 1. The SMILES string of the molecule is CNc1cc(N2CCCC2CNC(=O)C#Cc2ccccc2)ncn1. The Kier molecular flexibility index (Phi) is 5.47. The molecule has 1 aromatic carbocycles. The van der Waals surface area contributed by atoms with Gasteiger partial charge in [-0.15, -0.1) is 0 Å². The maximum absolute atomic E-state index is 12.0. The maximum Gasteiger partial charge on any atom is 0.296 e. The van der Waals surface area contributed by atoms with E-state index in [-0.39, 0.29) is 11.9 Å². The summed E-state index contributed by atoms with van der Waals surface area (Å²) in [7, 11) is 1.83. The lowest BCUT2D eigenvalue weighted by atomic mass is 10.2. The summed E-state index contributed by atoms with van der Waals surface area (Å²) in [5.41, 5.74) is 0.834. The van der Waals surface area contributed by atoms with E-state index in [1.807, 2.05) is 43.4 Å². The van der Waals surface area contributed by atoms with Crippen LogP contribution in [0.15, 0.2) is 42.7 Å². The van der Waals surface area contributed by atoms with Crippen LogP contribution in [0.2, 0.25) is 0 Å². The molecule has 3 rings (SSSR count). The Morgan fingerprint density at radius 2 is 2.16 bits per heavy atom. The fraction of sp³-hybridized carbons (Fsp3) is 0.316. The van der Waals surface area contributed by atoms with Crippen molar-refractivity contribution < 1.29 is 4.79 Å². The third-order valence-electron chi connectivity index (χ3n) is 4.17. The van der Waals surface area contributed by atoms with E-state index in [4.69, 9.17) is 0 Å². The van der Waals surface area contributed by atoms with Crippen molar-refractivity contribution in [3.8, 4) is 11.8 Å². The minimum Gasteiger partial charge on any atom is -0.373 e. The lowest BCUT2D eigenvalue weighted by molar-refractivity contribution is -0.115. The molecule has 6 nitrogen and oxygen atoms in total. The van der Waals surface area contributed by atoms with Gasteiger partial charge in [-0.25, -0.2) is 9.97 Å². The average Bonchev–Trinajstić information content (AvgIpc) is 3.14. The standard InChI is InChI=1S/C19H21N5O/c1-20-17-12-18(23-14-22-17)24-11-5-8-16(24)13-21-19(25)10-9-15-6-3-2-4-7-15/h2-4,6-7,12,14,16H,5,8,11,13H2,1H3,(H,21,25)(H,20,22,23). The Hall–Kier alpha value is -3.07. The first-order chi connectivity index (χ1) is 12.3. The summed E-state index contributed by atoms with van der Waals surface area (Å²) in [5, 5.41) is 5.93. The molecule has 2 heterocycles. The molecule has 1 amide bonds. The number of aromatic nitrogens is 2. The molecule has 0 spiro atoms. The predicted molar refractivity (Wildman–Crippen MR) is 98.3 cm³/mol. The first-order valence-corrected chi connectivity index (χ1v) is 8.37. The Balaban J connectivity index is 1.58. The molecular weight excluding hydrogens is 314 g/mol. The fourth-order valence-corrected chi connectivity index (χ4v) is 2.90. The highest BCUT2D eigenvalue weighted by atomic mass is 16.1. The van der Waals surface area contributed by atoms with Gasteiger partial charge in [0, 0.05) is 43.7 Å². The van der Waals surface area contributed by atoms with Crippen molar-refractivity contribution in [2.75, 3.05) is 30.4 Å². The van der Waals surface area contributed by atoms with Crippen LogP contribution in [-0.2, 0) is 4.79 Å². The average molecular weight is 335 g/mol. The fourth-order valence-electron chi connectivity index (χ4n) is 2.90. The third-order valence-corrected chi connectivity index (χ3v) is 4.17. The van der Waals surface area contributed by atoms with Crippen LogP contribution < -0.4 is 15.5 Å². The molecule has 1 aliphatic rings. The summed E-state index contributed by atoms with van der Waals surface area (Å²) in [4.78, 5) is 22.7. The van der Waals surface area contributed by atoms with Gasteiger partial charge in [0.15, 0.2) is 0 Å². The zero-order valence-electron chi connectivity index (χ0n) is 14.2. The summed E-state index contributed by atoms with van der Waals surface area (Å²) in [6.07, 6.45) is 3.65. The van der Waals surface area contributed by atoms with Crippen LogP contribution in [0.1, 0.15) is 18.4 Å². The van der Waals surface area contributed by atoms with Crippen molar-refractivity contribution >= 4 is 17.5 Å². The monoisotopic (exact) mass is 335 g/mol. The van der Waals surface area contributed by atoms with E-state index in [2.05, 4.69) is 37.3 Å². The normalized spacial score (nSPS) is 16.0. The number of anilines is 2. The molecule has 0 aliphatic carbocycles. The molecule has 6 heteroatoms. The quantitative estimate of drug-likeness (QED) is 0.832. The van der Waals surface area contributed by atoms with Crippen molar-refractivity contribution in [2.45, 2.75) is 18.9 Å². The molecule has 1 saturated heterocycles. The molecule has 25 heavy (non-hydrogen) atoms. The van der Waals surface area contributed by atoms with Crippen LogP contribution in [-0.4, -0.2) is 42.1 Å². The van der Waals surface area contributed by atoms with Gasteiger partial charge in [-0.1, -0.05) is 24.1 Å². The molecule has 0 radical (unpaired) electrons. The molecule has 1 unspecified atom stereocenters. The van der Waals surface area contributed by atoms with E-state index in [0.29, 0.717) is 6.54 Å². The Morgan fingerprint density at radius 3 is 2.96 bits per heavy atom. The van der Waals surface area contributed by atoms with E-state index < -0.39 is 0 Å². The van der Waals surface area contributed by atoms with E-state index >= 15 is 0 Å². The number of benzene rings is 1. The van der Waals surface area contributed by atoms with Crippen molar-refractivity contribution in [3.05, 3.63) is 48.3 Å². The number of nitrogens with one attached hydrogen (secondary N) is 2. The summed E-state index contributed by atoms with van der Waals surface area (Å²) in [5.74, 6) is 6.93. The van der Waals surface area contributed by atoms with Gasteiger partial charge in [-0.05, 0) is 25.0 Å². The van der Waals surface area contributed by atoms with Gasteiger partial charge in [-0.3, -0.25) is 4.79 Å². The van der Waals surface area contributed by atoms with Gasteiger partial charge in [0.05, 0.1) is 0 Å². The molecule has 0 saturated carbocycles. The van der Waals surface area contributed by atoms with E-state index in [0.717, 1.165) is 36.6 Å². The number of rotatable bonds is 4. The highest BCUT2D eigenvalue weighted by Gasteiger charge is 2.26. The van der Waals surface area contributed by atoms with Crippen molar-refractivity contribution in [1.29, 1.82) is 0 Å². The second-order valence-corrected chi connectivity index (χ2v) is 5.83. The highest BCUT2D eigenvalue weighted by molar-refractivity contribution is 5.94. The molecule has 2 aromatic rings. The third kappa shape index (κ3) is 4.48. The predicted octanol–water partition coefficient (Wildman–Crippen LogP) is 1.65. The van der Waals surface area contributed by atoms with Crippen LogP contribution in [0.5, 0.6) is 0 Å². The van der Waals surface area contributed by atoms with E-state index in [1.165, 1.54) is 0 Å². The molecular formula is C19H21N5O. The van der Waals surface area contributed by atoms with Crippen LogP contribution in [0, 0.1) is 11.8 Å². The topological polar surface area (TPSA) is 70.2 Å². The summed E-state index contributed by atoms with van der Waals surface area (Å²) in [6.45, 7) is 1.48. The molecule has 0 bridgehead atoms. The van der Waals surface area contributed by atoms with Gasteiger partial charge in [0.25, 0.3) is 5.91 Å². The van der Waals surface area contributed by atoms with Gasteiger partial charge < -0.3 is 15.5 Å². The zero-order chi connectivity index (χ0) is 17.5. The summed E-state index contributed by atoms with van der Waals surface area (Å²) < 4.78 is 0. The molecule has 1 aliphatic heterocycles. The number of hydrogen-bond donors (Lipinski definition) is 2. The Labute approximate surface area is 147 Å². The van der Waals surface area contributed by atoms with Crippen molar-refractivity contribution in [1.82, 2.24) is 15.3 Å². The van der Waals surface area contributed by atoms with Crippen LogP contribution in [0.3, 0.4) is 0 Å². The number of hydrogen-bond acceptors (Lipinski definition) is 5.